The quantitative estimate of drug-likeness (QED) is 0.545. The highest BCUT2D eigenvalue weighted by molar-refractivity contribution is 5.75. The molecule has 0 saturated heterocycles. The molecular weight excluding hydrogens is 168 g/mol. The van der Waals surface area contributed by atoms with Crippen LogP contribution in [0.15, 0.2) is 0 Å². The van der Waals surface area contributed by atoms with Crippen LogP contribution in [0.5, 0.6) is 0 Å². The molecule has 0 saturated carbocycles. The minimum absolute atomic E-state index is 0.170. The molecule has 0 aliphatic rings. The maximum absolute atomic E-state index is 11.1. The van der Waals surface area contributed by atoms with E-state index < -0.39 is 0 Å². The minimum Gasteiger partial charge on any atom is -0.396 e. The van der Waals surface area contributed by atoms with Gasteiger partial charge in [-0.05, 0) is 25.9 Å². The van der Waals surface area contributed by atoms with Crippen molar-refractivity contribution in [3.63, 3.8) is 0 Å². The molecule has 0 aliphatic carbocycles. The van der Waals surface area contributed by atoms with Gasteiger partial charge in [0.05, 0.1) is 0 Å². The molecule has 0 spiro atoms. The van der Waals surface area contributed by atoms with E-state index in [1.807, 2.05) is 0 Å². The Morgan fingerprint density at radius 3 is 2.46 bits per heavy atom. The molecule has 0 rings (SSSR count). The molecular formula is C9H20N2O2. The number of hydrogen-bond acceptors (Lipinski definition) is 3. The molecule has 0 heterocycles. The van der Waals surface area contributed by atoms with Crippen LogP contribution in [0.3, 0.4) is 0 Å². The van der Waals surface area contributed by atoms with Gasteiger partial charge < -0.3 is 15.3 Å². The molecule has 0 aromatic heterocycles. The molecule has 0 radical (unpaired) electrons. The van der Waals surface area contributed by atoms with E-state index in [9.17, 15) is 4.79 Å². The average molecular weight is 188 g/mol. The molecule has 0 unspecified atom stereocenters. The van der Waals surface area contributed by atoms with E-state index in [1.165, 1.54) is 0 Å². The van der Waals surface area contributed by atoms with E-state index in [0.717, 1.165) is 25.9 Å². The SMILES string of the molecule is CN(C)C(=O)CCCNCCCO. The topological polar surface area (TPSA) is 52.6 Å². The first-order valence-electron chi connectivity index (χ1n) is 4.70. The molecule has 0 atom stereocenters. The summed E-state index contributed by atoms with van der Waals surface area (Å²) in [7, 11) is 3.53. The molecule has 13 heavy (non-hydrogen) atoms. The van der Waals surface area contributed by atoms with Crippen molar-refractivity contribution in [2.75, 3.05) is 33.8 Å². The summed E-state index contributed by atoms with van der Waals surface area (Å²) in [5.41, 5.74) is 0. The summed E-state index contributed by atoms with van der Waals surface area (Å²) in [6.07, 6.45) is 2.24. The molecule has 0 aliphatic heterocycles. The summed E-state index contributed by atoms with van der Waals surface area (Å²) in [5.74, 6) is 0.170. The van der Waals surface area contributed by atoms with Crippen LogP contribution in [0.4, 0.5) is 0 Å². The van der Waals surface area contributed by atoms with Gasteiger partial charge in [0.25, 0.3) is 0 Å². The predicted octanol–water partition coefficient (Wildman–Crippen LogP) is -0.173. The van der Waals surface area contributed by atoms with Gasteiger partial charge >= 0.3 is 0 Å². The highest BCUT2D eigenvalue weighted by atomic mass is 16.3. The molecule has 0 bridgehead atoms. The largest absolute Gasteiger partial charge is 0.396 e. The molecule has 4 heteroatoms. The second kappa shape index (κ2) is 8.01. The Bertz CT molecular complexity index is 138. The highest BCUT2D eigenvalue weighted by Gasteiger charge is 2.01. The van der Waals surface area contributed by atoms with E-state index in [4.69, 9.17) is 5.11 Å². The van der Waals surface area contributed by atoms with Gasteiger partial charge in [0.2, 0.25) is 5.91 Å². The maximum Gasteiger partial charge on any atom is 0.222 e. The second-order valence-corrected chi connectivity index (χ2v) is 3.22. The Kier molecular flexibility index (Phi) is 7.63. The van der Waals surface area contributed by atoms with Crippen molar-refractivity contribution >= 4 is 5.91 Å². The number of nitrogens with zero attached hydrogens (tertiary/aromatic N) is 1. The number of aliphatic hydroxyl groups is 1. The van der Waals surface area contributed by atoms with Crippen LogP contribution in [0.2, 0.25) is 0 Å². The number of rotatable bonds is 7. The van der Waals surface area contributed by atoms with Gasteiger partial charge in [0.1, 0.15) is 0 Å². The van der Waals surface area contributed by atoms with Gasteiger partial charge in [-0.3, -0.25) is 4.79 Å². The third kappa shape index (κ3) is 7.74. The summed E-state index contributed by atoms with van der Waals surface area (Å²) < 4.78 is 0. The Labute approximate surface area is 79.9 Å². The first kappa shape index (κ1) is 12.4. The smallest absolute Gasteiger partial charge is 0.222 e. The number of carbonyl (C=O) groups excluding carboxylic acids is 1. The average Bonchev–Trinajstić information content (AvgIpc) is 2.10. The molecule has 0 aromatic carbocycles. The number of nitrogens with one attached hydrogen (secondary N) is 1. The van der Waals surface area contributed by atoms with Gasteiger partial charge in [-0.1, -0.05) is 0 Å². The number of carbonyl (C=O) groups is 1. The van der Waals surface area contributed by atoms with Crippen molar-refractivity contribution in [1.82, 2.24) is 10.2 Å². The lowest BCUT2D eigenvalue weighted by Crippen LogP contribution is -2.24. The molecule has 0 fully saturated rings. The zero-order chi connectivity index (χ0) is 10.1. The van der Waals surface area contributed by atoms with E-state index in [-0.39, 0.29) is 12.5 Å². The molecule has 1 amide bonds. The van der Waals surface area contributed by atoms with Crippen LogP contribution < -0.4 is 5.32 Å². The van der Waals surface area contributed by atoms with Crippen LogP contribution in [0.25, 0.3) is 0 Å². The standard InChI is InChI=1S/C9H20N2O2/c1-11(2)9(13)5-3-6-10-7-4-8-12/h10,12H,3-8H2,1-2H3. The molecule has 4 nitrogen and oxygen atoms in total. The van der Waals surface area contributed by atoms with Crippen molar-refractivity contribution in [1.29, 1.82) is 0 Å². The lowest BCUT2D eigenvalue weighted by molar-refractivity contribution is -0.128. The summed E-state index contributed by atoms with van der Waals surface area (Å²) in [6.45, 7) is 1.90. The lowest BCUT2D eigenvalue weighted by atomic mass is 10.3. The Morgan fingerprint density at radius 2 is 1.92 bits per heavy atom. The van der Waals surface area contributed by atoms with Gasteiger partial charge in [-0.15, -0.1) is 0 Å². The van der Waals surface area contributed by atoms with Crippen molar-refractivity contribution in [2.24, 2.45) is 0 Å². The summed E-state index contributed by atoms with van der Waals surface area (Å²) in [5, 5.41) is 11.6. The van der Waals surface area contributed by atoms with E-state index in [0.29, 0.717) is 6.42 Å². The fourth-order valence-electron chi connectivity index (χ4n) is 0.917. The van der Waals surface area contributed by atoms with Crippen LogP contribution >= 0.6 is 0 Å². The summed E-state index contributed by atoms with van der Waals surface area (Å²) in [6, 6.07) is 0. The summed E-state index contributed by atoms with van der Waals surface area (Å²) in [4.78, 5) is 12.7. The van der Waals surface area contributed by atoms with Gasteiger partial charge in [-0.2, -0.15) is 0 Å². The second-order valence-electron chi connectivity index (χ2n) is 3.22. The van der Waals surface area contributed by atoms with E-state index in [1.54, 1.807) is 19.0 Å². The van der Waals surface area contributed by atoms with Gasteiger partial charge in [0.15, 0.2) is 0 Å². The van der Waals surface area contributed by atoms with Crippen LogP contribution in [-0.4, -0.2) is 49.7 Å². The maximum atomic E-state index is 11.1. The predicted molar refractivity (Wildman–Crippen MR) is 52.5 cm³/mol. The zero-order valence-electron chi connectivity index (χ0n) is 8.55. The Morgan fingerprint density at radius 1 is 1.31 bits per heavy atom. The van der Waals surface area contributed by atoms with Crippen LogP contribution in [0.1, 0.15) is 19.3 Å². The minimum atomic E-state index is 0.170. The Balaban J connectivity index is 3.12. The lowest BCUT2D eigenvalue weighted by Gasteiger charge is -2.09. The number of aliphatic hydroxyl groups excluding tert-OH is 1. The third-order valence-electron chi connectivity index (χ3n) is 1.75. The molecule has 2 N–H and O–H groups in total. The van der Waals surface area contributed by atoms with Gasteiger partial charge in [0, 0.05) is 27.1 Å². The third-order valence-corrected chi connectivity index (χ3v) is 1.75. The molecule has 78 valence electrons. The van der Waals surface area contributed by atoms with Crippen LogP contribution in [0, 0.1) is 0 Å². The first-order chi connectivity index (χ1) is 6.18. The van der Waals surface area contributed by atoms with Gasteiger partial charge in [-0.25, -0.2) is 0 Å². The van der Waals surface area contributed by atoms with Crippen molar-refractivity contribution in [3.8, 4) is 0 Å². The fourth-order valence-corrected chi connectivity index (χ4v) is 0.917. The van der Waals surface area contributed by atoms with Crippen molar-refractivity contribution in [2.45, 2.75) is 19.3 Å². The number of hydrogen-bond donors (Lipinski definition) is 2. The molecule has 0 aromatic rings. The fraction of sp³-hybridized carbons (Fsp3) is 0.889. The Hall–Kier alpha value is -0.610. The highest BCUT2D eigenvalue weighted by Crippen LogP contribution is 1.91. The monoisotopic (exact) mass is 188 g/mol. The first-order valence-corrected chi connectivity index (χ1v) is 4.70. The van der Waals surface area contributed by atoms with E-state index >= 15 is 0 Å². The van der Waals surface area contributed by atoms with E-state index in [2.05, 4.69) is 5.32 Å². The number of amides is 1. The van der Waals surface area contributed by atoms with Crippen LogP contribution in [-0.2, 0) is 4.79 Å². The summed E-state index contributed by atoms with van der Waals surface area (Å²) >= 11 is 0. The van der Waals surface area contributed by atoms with Crippen molar-refractivity contribution < 1.29 is 9.90 Å². The normalized spacial score (nSPS) is 10.1. The zero-order valence-corrected chi connectivity index (χ0v) is 8.55. The van der Waals surface area contributed by atoms with Crippen molar-refractivity contribution in [3.05, 3.63) is 0 Å².